The van der Waals surface area contributed by atoms with Crippen LogP contribution in [0.25, 0.3) is 0 Å². The fourth-order valence-electron chi connectivity index (χ4n) is 3.78. The summed E-state index contributed by atoms with van der Waals surface area (Å²) in [5.74, 6) is -0.442. The van der Waals surface area contributed by atoms with Crippen LogP contribution in [0.3, 0.4) is 0 Å². The van der Waals surface area contributed by atoms with Gasteiger partial charge in [-0.05, 0) is 70.6 Å². The lowest BCUT2D eigenvalue weighted by atomic mass is 10.2. The molecule has 0 aliphatic heterocycles. The first-order chi connectivity index (χ1) is 23.4. The van der Waals surface area contributed by atoms with E-state index in [0.717, 1.165) is 57.8 Å². The van der Waals surface area contributed by atoms with Gasteiger partial charge in [-0.2, -0.15) is 0 Å². The normalized spacial score (nSPS) is 15.0. The highest BCUT2D eigenvalue weighted by atomic mass is 31.2. The summed E-state index contributed by atoms with van der Waals surface area (Å²) in [7, 11) is -4.31. The van der Waals surface area contributed by atoms with Crippen LogP contribution >= 0.6 is 7.82 Å². The Kier molecular flexibility index (Phi) is 33.4. The highest BCUT2D eigenvalue weighted by molar-refractivity contribution is 7.47. The molecule has 9 heteroatoms. The zero-order valence-corrected chi connectivity index (χ0v) is 30.3. The van der Waals surface area contributed by atoms with Crippen LogP contribution < -0.4 is 5.73 Å². The maximum Gasteiger partial charge on any atom is 0.472 e. The number of carbonyl (C=O) groups excluding carboxylic acids is 1. The van der Waals surface area contributed by atoms with Gasteiger partial charge in [-0.1, -0.05) is 123 Å². The van der Waals surface area contributed by atoms with Crippen molar-refractivity contribution < 1.29 is 32.8 Å². The van der Waals surface area contributed by atoms with Gasteiger partial charge in [0.15, 0.2) is 0 Å². The van der Waals surface area contributed by atoms with Gasteiger partial charge in [0.05, 0.1) is 26.4 Å². The fourth-order valence-corrected chi connectivity index (χ4v) is 4.54. The molecule has 0 radical (unpaired) electrons. The van der Waals surface area contributed by atoms with Crippen LogP contribution in [-0.2, 0) is 27.9 Å². The molecule has 0 aromatic heterocycles. The molecule has 8 nitrogen and oxygen atoms in total. The van der Waals surface area contributed by atoms with Crippen LogP contribution in [0.4, 0.5) is 0 Å². The number of nitrogens with two attached hydrogens (primary N) is 1. The van der Waals surface area contributed by atoms with Crippen LogP contribution in [0.1, 0.15) is 90.9 Å². The number of phosphoric ester groups is 1. The molecule has 0 bridgehead atoms. The Morgan fingerprint density at radius 2 is 1.02 bits per heavy atom. The third kappa shape index (κ3) is 34.5. The van der Waals surface area contributed by atoms with Crippen LogP contribution in [-0.4, -0.2) is 49.9 Å². The first-order valence-corrected chi connectivity index (χ1v) is 18.9. The number of rotatable bonds is 31. The van der Waals surface area contributed by atoms with Crippen molar-refractivity contribution in [3.05, 3.63) is 109 Å². The molecule has 0 aromatic carbocycles. The molecule has 2 atom stereocenters. The van der Waals surface area contributed by atoms with Crippen molar-refractivity contribution in [2.24, 2.45) is 5.73 Å². The second-order valence-corrected chi connectivity index (χ2v) is 12.1. The van der Waals surface area contributed by atoms with E-state index in [1.807, 2.05) is 18.2 Å². The number of phosphoric acid groups is 1. The van der Waals surface area contributed by atoms with Crippen molar-refractivity contribution in [1.29, 1.82) is 0 Å². The Morgan fingerprint density at radius 3 is 1.46 bits per heavy atom. The van der Waals surface area contributed by atoms with Crippen LogP contribution in [0.2, 0.25) is 0 Å². The summed E-state index contributed by atoms with van der Waals surface area (Å²) in [5.41, 5.74) is 5.33. The molecule has 0 fully saturated rings. The van der Waals surface area contributed by atoms with E-state index in [4.69, 9.17) is 24.3 Å². The van der Waals surface area contributed by atoms with Crippen molar-refractivity contribution in [3.63, 3.8) is 0 Å². The van der Waals surface area contributed by atoms with Crippen molar-refractivity contribution in [2.75, 3.05) is 33.0 Å². The van der Waals surface area contributed by atoms with Gasteiger partial charge < -0.3 is 20.1 Å². The van der Waals surface area contributed by atoms with Gasteiger partial charge in [0, 0.05) is 13.0 Å². The summed E-state index contributed by atoms with van der Waals surface area (Å²) < 4.78 is 33.0. The molecule has 0 saturated carbocycles. The molecule has 0 aromatic rings. The van der Waals surface area contributed by atoms with Gasteiger partial charge in [-0.15, -0.1) is 0 Å². The lowest BCUT2D eigenvalue weighted by Crippen LogP contribution is -2.28. The molecule has 3 N–H and O–H groups in total. The maximum atomic E-state index is 12.4. The third-order valence-electron chi connectivity index (χ3n) is 6.22. The van der Waals surface area contributed by atoms with Crippen molar-refractivity contribution in [1.82, 2.24) is 0 Å². The number of hydrogen-bond acceptors (Lipinski definition) is 7. The summed E-state index contributed by atoms with van der Waals surface area (Å²) in [5, 5.41) is 0. The quantitative estimate of drug-likeness (QED) is 0.0320. The summed E-state index contributed by atoms with van der Waals surface area (Å²) in [6.07, 6.45) is 47.2. The average molecular weight is 688 g/mol. The SMILES string of the molecule is CC/C=C\C/C=C\C/C=C\C/C=C\C/C=C\CCOCC(COP(=O)(O)OCCN)OC(=O)CC/C=C\C/C=C\C/C=C\C/C=C\CC. The Labute approximate surface area is 291 Å². The second-order valence-electron chi connectivity index (χ2n) is 10.6. The molecule has 0 amide bonds. The summed E-state index contributed by atoms with van der Waals surface area (Å²) >= 11 is 0. The predicted molar refractivity (Wildman–Crippen MR) is 200 cm³/mol. The van der Waals surface area contributed by atoms with Gasteiger partial charge in [0.2, 0.25) is 0 Å². The molecule has 0 aliphatic carbocycles. The fraction of sp³-hybridized carbons (Fsp3) is 0.513. The standard InChI is InChI=1S/C39H62NO7P/c1-3-5-7-9-11-13-15-17-18-19-21-23-25-27-29-31-34-44-36-38(37-46-48(42,43)45-35-33-40)47-39(41)32-30-28-26-24-22-20-16-14-12-10-8-6-4-2/h5-8,11-14,17-18,20-23,26-29,38H,3-4,9-10,15-16,19,24-25,30-37,40H2,1-2H3,(H,42,43)/b7-5-,8-6-,13-11-,14-12-,18-17-,22-20-,23-21-,28-26-,29-27-. The summed E-state index contributed by atoms with van der Waals surface area (Å²) in [4.78, 5) is 22.3. The van der Waals surface area contributed by atoms with E-state index in [1.165, 1.54) is 0 Å². The summed E-state index contributed by atoms with van der Waals surface area (Å²) in [6, 6.07) is 0. The Balaban J connectivity index is 4.41. The molecule has 0 rings (SSSR count). The van der Waals surface area contributed by atoms with E-state index < -0.39 is 19.9 Å². The van der Waals surface area contributed by atoms with Gasteiger partial charge in [-0.25, -0.2) is 4.57 Å². The zero-order valence-electron chi connectivity index (χ0n) is 29.4. The second kappa shape index (κ2) is 35.5. The van der Waals surface area contributed by atoms with Gasteiger partial charge in [-0.3, -0.25) is 13.8 Å². The average Bonchev–Trinajstić information content (AvgIpc) is 3.07. The predicted octanol–water partition coefficient (Wildman–Crippen LogP) is 9.73. The van der Waals surface area contributed by atoms with E-state index in [-0.39, 0.29) is 32.8 Å². The highest BCUT2D eigenvalue weighted by Gasteiger charge is 2.25. The van der Waals surface area contributed by atoms with Crippen LogP contribution in [0.5, 0.6) is 0 Å². The van der Waals surface area contributed by atoms with E-state index in [2.05, 4.69) is 105 Å². The molecule has 48 heavy (non-hydrogen) atoms. The number of ether oxygens (including phenoxy) is 2. The Hall–Kier alpha value is -2.84. The van der Waals surface area contributed by atoms with Gasteiger partial charge in [0.25, 0.3) is 0 Å². The minimum Gasteiger partial charge on any atom is -0.457 e. The minimum atomic E-state index is -4.31. The zero-order chi connectivity index (χ0) is 35.2. The van der Waals surface area contributed by atoms with Gasteiger partial charge >= 0.3 is 13.8 Å². The topological polar surface area (TPSA) is 117 Å². The van der Waals surface area contributed by atoms with E-state index >= 15 is 0 Å². The third-order valence-corrected chi connectivity index (χ3v) is 7.20. The lowest BCUT2D eigenvalue weighted by Gasteiger charge is -2.19. The van der Waals surface area contributed by atoms with E-state index in [9.17, 15) is 14.3 Å². The minimum absolute atomic E-state index is 0.0251. The first-order valence-electron chi connectivity index (χ1n) is 17.4. The molecular weight excluding hydrogens is 625 g/mol. The van der Waals surface area contributed by atoms with Gasteiger partial charge in [0.1, 0.15) is 6.10 Å². The monoisotopic (exact) mass is 687 g/mol. The van der Waals surface area contributed by atoms with E-state index in [0.29, 0.717) is 19.4 Å². The first kappa shape index (κ1) is 45.2. The number of hydrogen-bond donors (Lipinski definition) is 2. The molecule has 0 spiro atoms. The van der Waals surface area contributed by atoms with E-state index in [1.54, 1.807) is 0 Å². The smallest absolute Gasteiger partial charge is 0.457 e. The Morgan fingerprint density at radius 1 is 0.604 bits per heavy atom. The number of carbonyl (C=O) groups is 1. The number of esters is 1. The molecule has 270 valence electrons. The molecule has 0 saturated heterocycles. The summed E-state index contributed by atoms with van der Waals surface area (Å²) in [6.45, 7) is 4.29. The molecular formula is C39H62NO7P. The van der Waals surface area contributed by atoms with Crippen LogP contribution in [0.15, 0.2) is 109 Å². The largest absolute Gasteiger partial charge is 0.472 e. The molecule has 2 unspecified atom stereocenters. The molecule has 0 aliphatic rings. The van der Waals surface area contributed by atoms with Crippen LogP contribution in [0, 0.1) is 0 Å². The molecule has 0 heterocycles. The van der Waals surface area contributed by atoms with Crippen molar-refractivity contribution >= 4 is 13.8 Å². The van der Waals surface area contributed by atoms with Crippen molar-refractivity contribution in [2.45, 2.75) is 97.0 Å². The lowest BCUT2D eigenvalue weighted by molar-refractivity contribution is -0.154. The highest BCUT2D eigenvalue weighted by Crippen LogP contribution is 2.43. The maximum absolute atomic E-state index is 12.4. The number of allylic oxidation sites excluding steroid dienone is 17. The Bertz CT molecular complexity index is 1090. The van der Waals surface area contributed by atoms with Crippen molar-refractivity contribution in [3.8, 4) is 0 Å².